The summed E-state index contributed by atoms with van der Waals surface area (Å²) in [5, 5.41) is 1.46. The highest BCUT2D eigenvalue weighted by molar-refractivity contribution is 6.42. The quantitative estimate of drug-likeness (QED) is 0.690. The molecule has 2 aliphatic rings. The molecule has 1 saturated heterocycles. The van der Waals surface area contributed by atoms with Crippen molar-refractivity contribution in [1.82, 2.24) is 4.90 Å². The van der Waals surface area contributed by atoms with Gasteiger partial charge >= 0.3 is 0 Å². The molecule has 120 valence electrons. The van der Waals surface area contributed by atoms with E-state index >= 15 is 0 Å². The fourth-order valence-corrected chi connectivity index (χ4v) is 4.90. The molecule has 23 heavy (non-hydrogen) atoms. The number of fused-ring (bicyclic) bond motifs is 3. The van der Waals surface area contributed by atoms with Crippen LogP contribution in [-0.2, 0) is 13.0 Å². The Hall–Kier alpha value is -1.02. The molecular weight excluding hydrogens is 325 g/mol. The van der Waals surface area contributed by atoms with Crippen LogP contribution in [0.1, 0.15) is 36.0 Å². The van der Waals surface area contributed by atoms with Gasteiger partial charge in [-0.05, 0) is 41.0 Å². The van der Waals surface area contributed by atoms with Crippen molar-refractivity contribution < 1.29 is 0 Å². The average molecular weight is 346 g/mol. The van der Waals surface area contributed by atoms with Gasteiger partial charge in [0.25, 0.3) is 0 Å². The highest BCUT2D eigenvalue weighted by Gasteiger charge is 2.46. The average Bonchev–Trinajstić information content (AvgIpc) is 2.88. The Bertz CT molecular complexity index is 728. The van der Waals surface area contributed by atoms with Gasteiger partial charge in [0, 0.05) is 25.6 Å². The topological polar surface area (TPSA) is 3.24 Å². The molecule has 0 radical (unpaired) electrons. The molecule has 1 aliphatic carbocycles. The zero-order valence-electron chi connectivity index (χ0n) is 13.4. The molecule has 0 aromatic heterocycles. The molecule has 2 aromatic rings. The summed E-state index contributed by atoms with van der Waals surface area (Å²) in [6, 6.07) is 14.9. The van der Waals surface area contributed by atoms with Crippen molar-refractivity contribution in [2.75, 3.05) is 13.1 Å². The number of hydrogen-bond donors (Lipinski definition) is 0. The minimum atomic E-state index is 0.346. The molecule has 0 unspecified atom stereocenters. The summed E-state index contributed by atoms with van der Waals surface area (Å²) in [4.78, 5) is 2.59. The van der Waals surface area contributed by atoms with Crippen molar-refractivity contribution in [3.05, 3.63) is 69.2 Å². The van der Waals surface area contributed by atoms with Crippen LogP contribution in [0, 0.1) is 5.41 Å². The third-order valence-corrected chi connectivity index (χ3v) is 6.51. The number of likely N-dealkylation sites (tertiary alicyclic amines) is 1. The molecule has 1 fully saturated rings. The maximum atomic E-state index is 6.47. The van der Waals surface area contributed by atoms with E-state index in [4.69, 9.17) is 23.2 Å². The van der Waals surface area contributed by atoms with E-state index in [1.54, 1.807) is 0 Å². The normalized spacial score (nSPS) is 26.8. The molecule has 0 bridgehead atoms. The van der Waals surface area contributed by atoms with Crippen molar-refractivity contribution in [1.29, 1.82) is 0 Å². The van der Waals surface area contributed by atoms with E-state index in [2.05, 4.69) is 48.2 Å². The predicted octanol–water partition coefficient (Wildman–Crippen LogP) is 5.55. The van der Waals surface area contributed by atoms with E-state index in [-0.39, 0.29) is 0 Å². The van der Waals surface area contributed by atoms with Crippen LogP contribution in [0.15, 0.2) is 42.5 Å². The monoisotopic (exact) mass is 345 g/mol. The van der Waals surface area contributed by atoms with Gasteiger partial charge < -0.3 is 0 Å². The summed E-state index contributed by atoms with van der Waals surface area (Å²) in [5.74, 6) is 0.560. The largest absolute Gasteiger partial charge is 0.298 e. The summed E-state index contributed by atoms with van der Waals surface area (Å²) < 4.78 is 0. The van der Waals surface area contributed by atoms with Gasteiger partial charge in [-0.2, -0.15) is 0 Å². The highest BCUT2D eigenvalue weighted by atomic mass is 35.5. The smallest absolute Gasteiger partial charge is 0.0627 e. The van der Waals surface area contributed by atoms with Crippen LogP contribution in [0.25, 0.3) is 0 Å². The van der Waals surface area contributed by atoms with Gasteiger partial charge in [0.05, 0.1) is 10.0 Å². The molecule has 0 N–H and O–H groups in total. The van der Waals surface area contributed by atoms with Gasteiger partial charge in [-0.25, -0.2) is 0 Å². The van der Waals surface area contributed by atoms with Crippen molar-refractivity contribution in [2.45, 2.75) is 32.2 Å². The molecule has 0 saturated carbocycles. The molecule has 1 heterocycles. The molecule has 4 rings (SSSR count). The summed E-state index contributed by atoms with van der Waals surface area (Å²) in [6.45, 7) is 5.74. The minimum Gasteiger partial charge on any atom is -0.298 e. The first kappa shape index (κ1) is 15.5. The van der Waals surface area contributed by atoms with E-state index in [1.807, 2.05) is 6.07 Å². The van der Waals surface area contributed by atoms with Crippen molar-refractivity contribution in [3.63, 3.8) is 0 Å². The standard InChI is InChI=1S/C20H21Cl2N/c1-20-10-9-16-15(7-8-18(21)19(16)22)17(20)12-23(13-20)11-14-5-3-2-4-6-14/h2-8,17H,9-13H2,1H3/t17-,20-/m1/s1. The van der Waals surface area contributed by atoms with Gasteiger partial charge in [0.1, 0.15) is 0 Å². The number of rotatable bonds is 2. The lowest BCUT2D eigenvalue weighted by Crippen LogP contribution is -2.30. The SMILES string of the molecule is C[C@]12CCc3c(ccc(Cl)c3Cl)[C@H]1CN(Cc1ccccc1)C2. The number of nitrogens with zero attached hydrogens (tertiary/aromatic N) is 1. The Balaban J connectivity index is 1.63. The van der Waals surface area contributed by atoms with Gasteiger partial charge in [-0.15, -0.1) is 0 Å². The lowest BCUT2D eigenvalue weighted by molar-refractivity contribution is 0.240. The Morgan fingerprint density at radius 3 is 2.70 bits per heavy atom. The predicted molar refractivity (Wildman–Crippen MR) is 97.4 cm³/mol. The fraction of sp³-hybridized carbons (Fsp3) is 0.400. The maximum Gasteiger partial charge on any atom is 0.0627 e. The Labute approximate surface area is 148 Å². The summed E-state index contributed by atoms with van der Waals surface area (Å²) in [7, 11) is 0. The zero-order valence-corrected chi connectivity index (χ0v) is 14.9. The summed E-state index contributed by atoms with van der Waals surface area (Å²) in [5.41, 5.74) is 4.44. The number of hydrogen-bond acceptors (Lipinski definition) is 1. The minimum absolute atomic E-state index is 0.346. The maximum absolute atomic E-state index is 6.47. The van der Waals surface area contributed by atoms with E-state index in [0.717, 1.165) is 31.1 Å². The molecule has 1 aliphatic heterocycles. The second-order valence-corrected chi connectivity index (χ2v) is 8.08. The Morgan fingerprint density at radius 1 is 1.13 bits per heavy atom. The lowest BCUT2D eigenvalue weighted by Gasteiger charge is -2.37. The summed E-state index contributed by atoms with van der Waals surface area (Å²) >= 11 is 12.7. The second-order valence-electron chi connectivity index (χ2n) is 7.29. The second kappa shape index (κ2) is 5.81. The molecule has 2 atom stereocenters. The van der Waals surface area contributed by atoms with Crippen molar-refractivity contribution in [2.24, 2.45) is 5.41 Å². The molecular formula is C20H21Cl2N. The van der Waals surface area contributed by atoms with Crippen LogP contribution >= 0.6 is 23.2 Å². The van der Waals surface area contributed by atoms with Gasteiger partial charge in [-0.3, -0.25) is 4.90 Å². The Morgan fingerprint density at radius 2 is 1.91 bits per heavy atom. The number of halogens is 2. The van der Waals surface area contributed by atoms with Crippen molar-refractivity contribution >= 4 is 23.2 Å². The molecule has 3 heteroatoms. The van der Waals surface area contributed by atoms with Crippen molar-refractivity contribution in [3.8, 4) is 0 Å². The van der Waals surface area contributed by atoms with E-state index in [0.29, 0.717) is 16.4 Å². The van der Waals surface area contributed by atoms with Gasteiger partial charge in [0.15, 0.2) is 0 Å². The third-order valence-electron chi connectivity index (χ3n) is 5.67. The molecule has 2 aromatic carbocycles. The highest BCUT2D eigenvalue weighted by Crippen LogP contribution is 2.52. The van der Waals surface area contributed by atoms with Crippen LogP contribution < -0.4 is 0 Å². The van der Waals surface area contributed by atoms with E-state index in [1.165, 1.54) is 23.1 Å². The summed E-state index contributed by atoms with van der Waals surface area (Å²) in [6.07, 6.45) is 2.23. The molecule has 0 spiro atoms. The van der Waals surface area contributed by atoms with Crippen LogP contribution in [0.4, 0.5) is 0 Å². The number of benzene rings is 2. The molecule has 0 amide bonds. The Kier molecular flexibility index (Phi) is 3.91. The lowest BCUT2D eigenvalue weighted by atomic mass is 9.67. The van der Waals surface area contributed by atoms with Crippen LogP contribution in [0.2, 0.25) is 10.0 Å². The third kappa shape index (κ3) is 2.69. The van der Waals surface area contributed by atoms with Gasteiger partial charge in [0.2, 0.25) is 0 Å². The first-order valence-electron chi connectivity index (χ1n) is 8.30. The molecule has 1 nitrogen and oxygen atoms in total. The first-order chi connectivity index (χ1) is 11.1. The van der Waals surface area contributed by atoms with Gasteiger partial charge in [-0.1, -0.05) is 66.5 Å². The van der Waals surface area contributed by atoms with Crippen LogP contribution in [0.3, 0.4) is 0 Å². The van der Waals surface area contributed by atoms with E-state index in [9.17, 15) is 0 Å². The first-order valence-corrected chi connectivity index (χ1v) is 9.05. The zero-order chi connectivity index (χ0) is 16.0. The van der Waals surface area contributed by atoms with Crippen LogP contribution in [0.5, 0.6) is 0 Å². The fourth-order valence-electron chi connectivity index (χ4n) is 4.45. The van der Waals surface area contributed by atoms with Crippen LogP contribution in [-0.4, -0.2) is 18.0 Å². The van der Waals surface area contributed by atoms with E-state index < -0.39 is 0 Å².